The summed E-state index contributed by atoms with van der Waals surface area (Å²) in [4.78, 5) is 21.7. The van der Waals surface area contributed by atoms with Crippen molar-refractivity contribution >= 4 is 11.9 Å². The van der Waals surface area contributed by atoms with Crippen LogP contribution in [0, 0.1) is 0 Å². The van der Waals surface area contributed by atoms with Crippen molar-refractivity contribution in [3.05, 3.63) is 0 Å². The third-order valence-electron chi connectivity index (χ3n) is 2.56. The highest BCUT2D eigenvalue weighted by atomic mass is 16.4. The van der Waals surface area contributed by atoms with Gasteiger partial charge in [0, 0.05) is 19.0 Å². The smallest absolute Gasteiger partial charge is 0.303 e. The summed E-state index contributed by atoms with van der Waals surface area (Å²) >= 11 is 0. The van der Waals surface area contributed by atoms with E-state index in [0.717, 1.165) is 19.4 Å². The number of amides is 1. The number of nitrogens with one attached hydrogen (secondary N) is 2. The zero-order valence-electron chi connectivity index (χ0n) is 8.95. The van der Waals surface area contributed by atoms with Crippen LogP contribution >= 0.6 is 0 Å². The molecule has 5 heteroatoms. The number of piperidine rings is 1. The molecule has 3 N–H and O–H groups in total. The summed E-state index contributed by atoms with van der Waals surface area (Å²) in [5.74, 6) is -0.764. The molecule has 0 aromatic heterocycles. The lowest BCUT2D eigenvalue weighted by molar-refractivity contribution is -0.137. The predicted octanol–water partition coefficient (Wildman–Crippen LogP) is 0.108. The van der Waals surface area contributed by atoms with Crippen LogP contribution in [0.5, 0.6) is 0 Å². The van der Waals surface area contributed by atoms with Crippen molar-refractivity contribution in [2.45, 2.75) is 44.7 Å². The van der Waals surface area contributed by atoms with Crippen LogP contribution in [0.1, 0.15) is 32.6 Å². The molecule has 15 heavy (non-hydrogen) atoms. The second-order valence-electron chi connectivity index (χ2n) is 3.99. The van der Waals surface area contributed by atoms with Crippen molar-refractivity contribution in [2.24, 2.45) is 0 Å². The van der Waals surface area contributed by atoms with Crippen LogP contribution in [-0.4, -0.2) is 35.6 Å². The fourth-order valence-electron chi connectivity index (χ4n) is 1.70. The molecule has 1 aliphatic rings. The molecule has 1 amide bonds. The minimum Gasteiger partial charge on any atom is -0.481 e. The molecule has 1 heterocycles. The molecule has 1 rings (SSSR count). The Labute approximate surface area is 89.2 Å². The fraction of sp³-hybridized carbons (Fsp3) is 0.800. The van der Waals surface area contributed by atoms with Gasteiger partial charge in [0.05, 0.1) is 6.04 Å². The number of hydrogen-bond donors (Lipinski definition) is 3. The van der Waals surface area contributed by atoms with Crippen molar-refractivity contribution in [3.63, 3.8) is 0 Å². The van der Waals surface area contributed by atoms with Crippen LogP contribution in [0.25, 0.3) is 0 Å². The van der Waals surface area contributed by atoms with Gasteiger partial charge >= 0.3 is 5.97 Å². The molecular weight excluding hydrogens is 196 g/mol. The monoisotopic (exact) mass is 214 g/mol. The molecule has 0 aromatic carbocycles. The molecule has 1 aliphatic heterocycles. The number of aliphatic carboxylic acids is 1. The summed E-state index contributed by atoms with van der Waals surface area (Å²) < 4.78 is 0. The van der Waals surface area contributed by atoms with E-state index >= 15 is 0 Å². The number of hydrogen-bond acceptors (Lipinski definition) is 3. The van der Waals surface area contributed by atoms with Crippen molar-refractivity contribution in [3.8, 4) is 0 Å². The van der Waals surface area contributed by atoms with E-state index in [2.05, 4.69) is 10.6 Å². The third-order valence-corrected chi connectivity index (χ3v) is 2.56. The Kier molecular flexibility index (Phi) is 4.55. The topological polar surface area (TPSA) is 78.4 Å². The number of carboxylic acid groups (broad SMARTS) is 1. The molecule has 1 saturated heterocycles. The Bertz CT molecular complexity index is 243. The van der Waals surface area contributed by atoms with Gasteiger partial charge in [0.15, 0.2) is 0 Å². The molecule has 0 bridgehead atoms. The fourth-order valence-corrected chi connectivity index (χ4v) is 1.70. The number of carbonyl (C=O) groups is 2. The minimum absolute atomic E-state index is 0.0309. The molecule has 5 nitrogen and oxygen atoms in total. The standard InChI is InChI=1S/C10H18N2O3/c1-7(4-5-9(13)14)12-8-3-2-6-11-10(8)15/h7-8,12H,2-6H2,1H3,(H,11,15)(H,13,14). The lowest BCUT2D eigenvalue weighted by Gasteiger charge is -2.26. The third kappa shape index (κ3) is 4.29. The number of carboxylic acids is 1. The maximum atomic E-state index is 11.4. The lowest BCUT2D eigenvalue weighted by atomic mass is 10.0. The van der Waals surface area contributed by atoms with E-state index in [4.69, 9.17) is 5.11 Å². The van der Waals surface area contributed by atoms with Gasteiger partial charge in [-0.1, -0.05) is 0 Å². The molecule has 0 aliphatic carbocycles. The van der Waals surface area contributed by atoms with Gasteiger partial charge < -0.3 is 15.7 Å². The lowest BCUT2D eigenvalue weighted by Crippen LogP contribution is -2.50. The number of carbonyl (C=O) groups excluding carboxylic acids is 1. The van der Waals surface area contributed by atoms with E-state index in [1.54, 1.807) is 0 Å². The highest BCUT2D eigenvalue weighted by Crippen LogP contribution is 2.06. The SMILES string of the molecule is CC(CCC(=O)O)NC1CCCNC1=O. The Morgan fingerprint density at radius 3 is 3.07 bits per heavy atom. The van der Waals surface area contributed by atoms with Crippen LogP contribution in [-0.2, 0) is 9.59 Å². The van der Waals surface area contributed by atoms with Crippen LogP contribution < -0.4 is 10.6 Å². The van der Waals surface area contributed by atoms with E-state index in [9.17, 15) is 9.59 Å². The number of rotatable bonds is 5. The molecule has 0 aromatic rings. The normalized spacial score (nSPS) is 23.3. The van der Waals surface area contributed by atoms with Gasteiger partial charge in [-0.2, -0.15) is 0 Å². The molecule has 86 valence electrons. The Morgan fingerprint density at radius 2 is 2.47 bits per heavy atom. The van der Waals surface area contributed by atoms with E-state index in [1.807, 2.05) is 6.92 Å². The van der Waals surface area contributed by atoms with E-state index in [0.29, 0.717) is 6.42 Å². The summed E-state index contributed by atoms with van der Waals surface area (Å²) in [6, 6.07) is -0.0857. The van der Waals surface area contributed by atoms with Gasteiger partial charge in [-0.15, -0.1) is 0 Å². The highest BCUT2D eigenvalue weighted by molar-refractivity contribution is 5.82. The summed E-state index contributed by atoms with van der Waals surface area (Å²) in [6.45, 7) is 2.66. The van der Waals surface area contributed by atoms with Gasteiger partial charge in [0.2, 0.25) is 5.91 Å². The first kappa shape index (κ1) is 12.0. The Balaban J connectivity index is 2.26. The first-order valence-corrected chi connectivity index (χ1v) is 5.35. The second-order valence-corrected chi connectivity index (χ2v) is 3.99. The first-order valence-electron chi connectivity index (χ1n) is 5.35. The van der Waals surface area contributed by atoms with Crippen LogP contribution in [0.4, 0.5) is 0 Å². The predicted molar refractivity (Wildman–Crippen MR) is 55.5 cm³/mol. The zero-order chi connectivity index (χ0) is 11.3. The summed E-state index contributed by atoms with van der Waals surface area (Å²) in [6.07, 6.45) is 2.51. The summed E-state index contributed by atoms with van der Waals surface area (Å²) in [7, 11) is 0. The Hall–Kier alpha value is -1.10. The first-order chi connectivity index (χ1) is 7.09. The largest absolute Gasteiger partial charge is 0.481 e. The van der Waals surface area contributed by atoms with Crippen LogP contribution in [0.3, 0.4) is 0 Å². The average molecular weight is 214 g/mol. The second kappa shape index (κ2) is 5.70. The molecule has 0 saturated carbocycles. The average Bonchev–Trinajstić information content (AvgIpc) is 2.18. The van der Waals surface area contributed by atoms with Gasteiger partial charge in [-0.3, -0.25) is 9.59 Å². The zero-order valence-corrected chi connectivity index (χ0v) is 8.95. The van der Waals surface area contributed by atoms with Crippen molar-refractivity contribution < 1.29 is 14.7 Å². The van der Waals surface area contributed by atoms with Crippen LogP contribution in [0.15, 0.2) is 0 Å². The van der Waals surface area contributed by atoms with E-state index < -0.39 is 5.97 Å². The van der Waals surface area contributed by atoms with Crippen molar-refractivity contribution in [2.75, 3.05) is 6.54 Å². The molecule has 0 spiro atoms. The molecule has 1 fully saturated rings. The van der Waals surface area contributed by atoms with Gasteiger partial charge in [-0.25, -0.2) is 0 Å². The quantitative estimate of drug-likeness (QED) is 0.607. The van der Waals surface area contributed by atoms with Gasteiger partial charge in [0.25, 0.3) is 0 Å². The summed E-state index contributed by atoms with van der Waals surface area (Å²) in [5, 5.41) is 14.4. The van der Waals surface area contributed by atoms with E-state index in [1.165, 1.54) is 0 Å². The maximum absolute atomic E-state index is 11.4. The summed E-state index contributed by atoms with van der Waals surface area (Å²) in [5.41, 5.74) is 0. The molecule has 2 atom stereocenters. The van der Waals surface area contributed by atoms with E-state index in [-0.39, 0.29) is 24.4 Å². The van der Waals surface area contributed by atoms with Gasteiger partial charge in [-0.05, 0) is 26.2 Å². The van der Waals surface area contributed by atoms with Crippen molar-refractivity contribution in [1.29, 1.82) is 0 Å². The van der Waals surface area contributed by atoms with Crippen LogP contribution in [0.2, 0.25) is 0 Å². The van der Waals surface area contributed by atoms with Gasteiger partial charge in [0.1, 0.15) is 0 Å². The van der Waals surface area contributed by atoms with Crippen molar-refractivity contribution in [1.82, 2.24) is 10.6 Å². The molecular formula is C10H18N2O3. The highest BCUT2D eigenvalue weighted by Gasteiger charge is 2.22. The maximum Gasteiger partial charge on any atom is 0.303 e. The Morgan fingerprint density at radius 1 is 1.73 bits per heavy atom. The minimum atomic E-state index is -0.795. The molecule has 2 unspecified atom stereocenters. The molecule has 0 radical (unpaired) electrons.